The van der Waals surface area contributed by atoms with Crippen molar-refractivity contribution in [3.05, 3.63) is 35.4 Å². The Hall–Kier alpha value is -1.55. The third kappa shape index (κ3) is 3.07. The predicted octanol–water partition coefficient (Wildman–Crippen LogP) is 3.11. The van der Waals surface area contributed by atoms with Crippen LogP contribution < -0.4 is 0 Å². The highest BCUT2D eigenvalue weighted by Crippen LogP contribution is 2.32. The highest BCUT2D eigenvalue weighted by molar-refractivity contribution is 7.79. The molecule has 0 heterocycles. The summed E-state index contributed by atoms with van der Waals surface area (Å²) in [6, 6.07) is 7.24. The average Bonchev–Trinajstić information content (AvgIpc) is 2.46. The molecule has 100 valence electrons. The van der Waals surface area contributed by atoms with Crippen molar-refractivity contribution in [3.8, 4) is 0 Å². The van der Waals surface area contributed by atoms with E-state index in [2.05, 4.69) is 0 Å². The molecular formula is C15H16O3S. The Labute approximate surface area is 117 Å². The minimum absolute atomic E-state index is 0.0302. The summed E-state index contributed by atoms with van der Waals surface area (Å²) in [5.41, 5.74) is 1.37. The SMILES string of the molecule is O=C(O)[C@@H]1CCC[C@H](C(=O)c2ccccc2C=S)C1. The largest absolute Gasteiger partial charge is 0.481 e. The van der Waals surface area contributed by atoms with Gasteiger partial charge < -0.3 is 5.11 Å². The number of benzene rings is 1. The number of carbonyl (C=O) groups excluding carboxylic acids is 1. The van der Waals surface area contributed by atoms with Crippen molar-refractivity contribution >= 4 is 29.3 Å². The van der Waals surface area contributed by atoms with Crippen LogP contribution in [0.25, 0.3) is 0 Å². The van der Waals surface area contributed by atoms with Crippen LogP contribution in [0.3, 0.4) is 0 Å². The minimum Gasteiger partial charge on any atom is -0.481 e. The minimum atomic E-state index is -0.791. The molecule has 2 atom stereocenters. The molecule has 1 aromatic rings. The molecule has 0 aliphatic heterocycles. The van der Waals surface area contributed by atoms with Crippen molar-refractivity contribution in [2.24, 2.45) is 11.8 Å². The molecule has 1 aromatic carbocycles. The zero-order valence-electron chi connectivity index (χ0n) is 10.5. The van der Waals surface area contributed by atoms with Crippen molar-refractivity contribution in [2.45, 2.75) is 25.7 Å². The van der Waals surface area contributed by atoms with Crippen molar-refractivity contribution in [1.82, 2.24) is 0 Å². The lowest BCUT2D eigenvalue weighted by molar-refractivity contribution is -0.143. The fourth-order valence-corrected chi connectivity index (χ4v) is 2.90. The molecule has 4 heteroatoms. The van der Waals surface area contributed by atoms with Gasteiger partial charge in [0.2, 0.25) is 0 Å². The van der Waals surface area contributed by atoms with Crippen molar-refractivity contribution < 1.29 is 14.7 Å². The second kappa shape index (κ2) is 6.06. The summed E-state index contributed by atoms with van der Waals surface area (Å²) >= 11 is 4.92. The lowest BCUT2D eigenvalue weighted by Gasteiger charge is -2.25. The third-order valence-corrected chi connectivity index (χ3v) is 4.00. The van der Waals surface area contributed by atoms with E-state index >= 15 is 0 Å². The Morgan fingerprint density at radius 2 is 1.89 bits per heavy atom. The summed E-state index contributed by atoms with van der Waals surface area (Å²) in [6.07, 6.45) is 2.69. The van der Waals surface area contributed by atoms with E-state index in [9.17, 15) is 9.59 Å². The van der Waals surface area contributed by atoms with Gasteiger partial charge in [-0.2, -0.15) is 0 Å². The van der Waals surface area contributed by atoms with Crippen LogP contribution in [0.1, 0.15) is 41.6 Å². The molecule has 19 heavy (non-hydrogen) atoms. The van der Waals surface area contributed by atoms with Crippen LogP contribution in [0, 0.1) is 11.8 Å². The molecule has 0 bridgehead atoms. The van der Waals surface area contributed by atoms with Gasteiger partial charge in [-0.15, -0.1) is 0 Å². The molecule has 2 rings (SSSR count). The standard InChI is InChI=1S/C15H16O3S/c16-14(13-7-2-1-4-12(13)9-19)10-5-3-6-11(8-10)15(17)18/h1-2,4,7,9-11H,3,5-6,8H2,(H,17,18)/t10-,11+/m0/s1. The number of carboxylic acid groups (broad SMARTS) is 1. The van der Waals surface area contributed by atoms with E-state index in [1.807, 2.05) is 18.2 Å². The van der Waals surface area contributed by atoms with Crippen LogP contribution in [0.2, 0.25) is 0 Å². The number of thiocarbonyl (C=S) groups is 1. The van der Waals surface area contributed by atoms with Crippen molar-refractivity contribution in [3.63, 3.8) is 0 Å². The molecule has 1 aliphatic rings. The predicted molar refractivity (Wildman–Crippen MR) is 76.6 cm³/mol. The van der Waals surface area contributed by atoms with Gasteiger partial charge in [-0.1, -0.05) is 42.9 Å². The third-order valence-electron chi connectivity index (χ3n) is 3.75. The number of aliphatic carboxylic acids is 1. The maximum Gasteiger partial charge on any atom is 0.306 e. The fraction of sp³-hybridized carbons (Fsp3) is 0.400. The summed E-state index contributed by atoms with van der Waals surface area (Å²) in [7, 11) is 0. The first-order chi connectivity index (χ1) is 9.13. The van der Waals surface area contributed by atoms with Gasteiger partial charge in [0.1, 0.15) is 0 Å². The van der Waals surface area contributed by atoms with E-state index < -0.39 is 5.97 Å². The molecule has 0 radical (unpaired) electrons. The quantitative estimate of drug-likeness (QED) is 0.678. The lowest BCUT2D eigenvalue weighted by atomic mass is 9.77. The van der Waals surface area contributed by atoms with Gasteiger partial charge >= 0.3 is 5.97 Å². The second-order valence-corrected chi connectivity index (χ2v) is 5.20. The van der Waals surface area contributed by atoms with E-state index in [0.717, 1.165) is 18.4 Å². The van der Waals surface area contributed by atoms with Crippen LogP contribution in [0.4, 0.5) is 0 Å². The Balaban J connectivity index is 2.19. The monoisotopic (exact) mass is 276 g/mol. The maximum atomic E-state index is 12.5. The Kier molecular flexibility index (Phi) is 4.43. The zero-order valence-corrected chi connectivity index (χ0v) is 11.4. The molecule has 1 saturated carbocycles. The Morgan fingerprint density at radius 1 is 1.21 bits per heavy atom. The van der Waals surface area contributed by atoms with Gasteiger partial charge in [0.05, 0.1) is 5.92 Å². The maximum absolute atomic E-state index is 12.5. The van der Waals surface area contributed by atoms with E-state index in [1.165, 1.54) is 5.37 Å². The number of rotatable bonds is 4. The average molecular weight is 276 g/mol. The Bertz CT molecular complexity index is 510. The normalized spacial score (nSPS) is 22.7. The first-order valence-electron chi connectivity index (χ1n) is 6.44. The number of carbonyl (C=O) groups is 2. The number of hydrogen-bond acceptors (Lipinski definition) is 3. The van der Waals surface area contributed by atoms with E-state index in [0.29, 0.717) is 18.4 Å². The van der Waals surface area contributed by atoms with Gasteiger partial charge in [-0.25, -0.2) is 0 Å². The molecule has 0 aromatic heterocycles. The van der Waals surface area contributed by atoms with E-state index in [1.54, 1.807) is 6.07 Å². The van der Waals surface area contributed by atoms with Crippen molar-refractivity contribution in [2.75, 3.05) is 0 Å². The van der Waals surface area contributed by atoms with Crippen LogP contribution in [-0.2, 0) is 4.79 Å². The Morgan fingerprint density at radius 3 is 2.58 bits per heavy atom. The van der Waals surface area contributed by atoms with Crippen LogP contribution in [-0.4, -0.2) is 22.2 Å². The molecule has 0 unspecified atom stereocenters. The van der Waals surface area contributed by atoms with Crippen LogP contribution in [0.5, 0.6) is 0 Å². The van der Waals surface area contributed by atoms with Gasteiger partial charge in [-0.3, -0.25) is 9.59 Å². The van der Waals surface area contributed by atoms with Crippen LogP contribution >= 0.6 is 12.2 Å². The molecule has 1 N–H and O–H groups in total. The number of Topliss-reactive ketones (excluding diaryl/α,β-unsaturated/α-hetero) is 1. The smallest absolute Gasteiger partial charge is 0.306 e. The molecule has 0 spiro atoms. The molecule has 1 aliphatic carbocycles. The molecule has 3 nitrogen and oxygen atoms in total. The summed E-state index contributed by atoms with van der Waals surface area (Å²) in [4.78, 5) is 23.5. The molecule has 0 amide bonds. The summed E-state index contributed by atoms with van der Waals surface area (Å²) < 4.78 is 0. The molecule has 1 fully saturated rings. The van der Waals surface area contributed by atoms with Crippen molar-refractivity contribution in [1.29, 1.82) is 0 Å². The summed E-state index contributed by atoms with van der Waals surface area (Å²) in [5, 5.41) is 10.6. The molecular weight excluding hydrogens is 260 g/mol. The van der Waals surface area contributed by atoms with Gasteiger partial charge in [-0.05, 0) is 24.8 Å². The van der Waals surface area contributed by atoms with E-state index in [-0.39, 0.29) is 17.6 Å². The summed E-state index contributed by atoms with van der Waals surface area (Å²) in [6.45, 7) is 0. The first kappa shape index (κ1) is 13.9. The number of hydrogen-bond donors (Lipinski definition) is 1. The topological polar surface area (TPSA) is 54.4 Å². The second-order valence-electron chi connectivity index (χ2n) is 4.97. The zero-order chi connectivity index (χ0) is 13.8. The van der Waals surface area contributed by atoms with Gasteiger partial charge in [0, 0.05) is 16.8 Å². The van der Waals surface area contributed by atoms with Gasteiger partial charge in [0.15, 0.2) is 5.78 Å². The summed E-state index contributed by atoms with van der Waals surface area (Å²) in [5.74, 6) is -1.34. The van der Waals surface area contributed by atoms with Crippen LogP contribution in [0.15, 0.2) is 24.3 Å². The fourth-order valence-electron chi connectivity index (χ4n) is 2.70. The highest BCUT2D eigenvalue weighted by atomic mass is 32.1. The lowest BCUT2D eigenvalue weighted by Crippen LogP contribution is -2.27. The number of ketones is 1. The first-order valence-corrected chi connectivity index (χ1v) is 6.92. The number of carboxylic acids is 1. The van der Waals surface area contributed by atoms with Gasteiger partial charge in [0.25, 0.3) is 0 Å². The molecule has 0 saturated heterocycles. The highest BCUT2D eigenvalue weighted by Gasteiger charge is 2.31. The van der Waals surface area contributed by atoms with E-state index in [4.69, 9.17) is 17.3 Å².